The van der Waals surface area contributed by atoms with Crippen molar-refractivity contribution in [2.75, 3.05) is 7.05 Å². The maximum atomic E-state index is 13.2. The standard InChI is InChI=1S/C14H12FN3O/c1-16-13(14-17-5-2-6-18-14)12-8-9-7-10(15)3-4-11(9)19-12/h2-8,13,16H,1H3. The van der Waals surface area contributed by atoms with Crippen molar-refractivity contribution in [3.8, 4) is 0 Å². The zero-order chi connectivity index (χ0) is 13.2. The third kappa shape index (κ3) is 2.20. The molecule has 0 bridgehead atoms. The van der Waals surface area contributed by atoms with Crippen molar-refractivity contribution < 1.29 is 8.81 Å². The van der Waals surface area contributed by atoms with Crippen LogP contribution in [0.25, 0.3) is 11.0 Å². The van der Waals surface area contributed by atoms with Gasteiger partial charge in [0.05, 0.1) is 0 Å². The first-order valence-corrected chi connectivity index (χ1v) is 5.91. The number of rotatable bonds is 3. The molecule has 0 spiro atoms. The molecule has 0 aliphatic heterocycles. The van der Waals surface area contributed by atoms with E-state index in [4.69, 9.17) is 4.42 Å². The predicted molar refractivity (Wildman–Crippen MR) is 69.1 cm³/mol. The number of benzene rings is 1. The summed E-state index contributed by atoms with van der Waals surface area (Å²) in [5, 5.41) is 3.83. The van der Waals surface area contributed by atoms with Gasteiger partial charge in [-0.2, -0.15) is 0 Å². The highest BCUT2D eigenvalue weighted by molar-refractivity contribution is 5.78. The molecule has 3 rings (SSSR count). The van der Waals surface area contributed by atoms with Crippen molar-refractivity contribution in [3.05, 3.63) is 60.1 Å². The number of fused-ring (bicyclic) bond motifs is 1. The molecule has 2 aromatic heterocycles. The van der Waals surface area contributed by atoms with Gasteiger partial charge in [-0.3, -0.25) is 0 Å². The summed E-state index contributed by atoms with van der Waals surface area (Å²) in [5.74, 6) is 0.996. The zero-order valence-electron chi connectivity index (χ0n) is 10.3. The van der Waals surface area contributed by atoms with Crippen molar-refractivity contribution in [1.29, 1.82) is 0 Å². The Morgan fingerprint density at radius 1 is 1.21 bits per heavy atom. The lowest BCUT2D eigenvalue weighted by Gasteiger charge is -2.10. The Morgan fingerprint density at radius 3 is 2.74 bits per heavy atom. The Labute approximate surface area is 109 Å². The van der Waals surface area contributed by atoms with Crippen LogP contribution in [0.5, 0.6) is 0 Å². The Bertz CT molecular complexity index is 696. The normalized spacial score (nSPS) is 12.7. The first-order valence-electron chi connectivity index (χ1n) is 5.91. The molecular weight excluding hydrogens is 245 g/mol. The summed E-state index contributed by atoms with van der Waals surface area (Å²) in [6.07, 6.45) is 3.35. The summed E-state index contributed by atoms with van der Waals surface area (Å²) >= 11 is 0. The van der Waals surface area contributed by atoms with E-state index in [9.17, 15) is 4.39 Å². The van der Waals surface area contributed by atoms with E-state index in [0.29, 0.717) is 17.2 Å². The molecule has 0 saturated carbocycles. The monoisotopic (exact) mass is 257 g/mol. The van der Waals surface area contributed by atoms with Gasteiger partial charge in [0.1, 0.15) is 23.2 Å². The number of hydrogen-bond donors (Lipinski definition) is 1. The van der Waals surface area contributed by atoms with Crippen molar-refractivity contribution in [3.63, 3.8) is 0 Å². The van der Waals surface area contributed by atoms with Gasteiger partial charge in [-0.25, -0.2) is 14.4 Å². The Kier molecular flexibility index (Phi) is 2.97. The van der Waals surface area contributed by atoms with E-state index in [-0.39, 0.29) is 11.9 Å². The van der Waals surface area contributed by atoms with Gasteiger partial charge in [0.15, 0.2) is 5.82 Å². The van der Waals surface area contributed by atoms with Gasteiger partial charge in [-0.15, -0.1) is 0 Å². The second kappa shape index (κ2) is 4.78. The predicted octanol–water partition coefficient (Wildman–Crippen LogP) is 2.67. The van der Waals surface area contributed by atoms with Crippen molar-refractivity contribution in [1.82, 2.24) is 15.3 Å². The average Bonchev–Trinajstić information content (AvgIpc) is 2.83. The lowest BCUT2D eigenvalue weighted by molar-refractivity contribution is 0.478. The third-order valence-corrected chi connectivity index (χ3v) is 2.91. The number of halogens is 1. The summed E-state index contributed by atoms with van der Waals surface area (Å²) in [7, 11) is 1.80. The van der Waals surface area contributed by atoms with Gasteiger partial charge in [0.2, 0.25) is 0 Å². The molecule has 1 atom stereocenters. The molecule has 0 amide bonds. The maximum Gasteiger partial charge on any atom is 0.152 e. The van der Waals surface area contributed by atoms with Crippen LogP contribution in [0, 0.1) is 5.82 Å². The topological polar surface area (TPSA) is 51.0 Å². The van der Waals surface area contributed by atoms with Crippen LogP contribution in [0.4, 0.5) is 4.39 Å². The number of hydrogen-bond acceptors (Lipinski definition) is 4. The SMILES string of the molecule is CNC(c1ncccn1)c1cc2cc(F)ccc2o1. The minimum Gasteiger partial charge on any atom is -0.459 e. The summed E-state index contributed by atoms with van der Waals surface area (Å²) in [6, 6.07) is 7.74. The van der Waals surface area contributed by atoms with E-state index >= 15 is 0 Å². The molecule has 19 heavy (non-hydrogen) atoms. The van der Waals surface area contributed by atoms with Crippen molar-refractivity contribution in [2.24, 2.45) is 0 Å². The summed E-state index contributed by atoms with van der Waals surface area (Å²) in [4.78, 5) is 8.41. The van der Waals surface area contributed by atoms with Gasteiger partial charge in [0.25, 0.3) is 0 Å². The van der Waals surface area contributed by atoms with Crippen LogP contribution < -0.4 is 5.32 Å². The fourth-order valence-corrected chi connectivity index (χ4v) is 2.04. The molecule has 0 radical (unpaired) electrons. The molecule has 5 heteroatoms. The number of aromatic nitrogens is 2. The van der Waals surface area contributed by atoms with E-state index in [0.717, 1.165) is 5.39 Å². The molecular formula is C14H12FN3O. The van der Waals surface area contributed by atoms with Crippen LogP contribution in [0.15, 0.2) is 47.1 Å². The highest BCUT2D eigenvalue weighted by atomic mass is 19.1. The average molecular weight is 257 g/mol. The second-order valence-corrected chi connectivity index (χ2v) is 4.16. The Balaban J connectivity index is 2.07. The van der Waals surface area contributed by atoms with Crippen molar-refractivity contribution in [2.45, 2.75) is 6.04 Å². The molecule has 3 aromatic rings. The van der Waals surface area contributed by atoms with E-state index in [1.54, 1.807) is 37.6 Å². The van der Waals surface area contributed by atoms with Crippen LogP contribution in [0.3, 0.4) is 0 Å². The van der Waals surface area contributed by atoms with E-state index < -0.39 is 0 Å². The zero-order valence-corrected chi connectivity index (χ0v) is 10.3. The quantitative estimate of drug-likeness (QED) is 0.783. The van der Waals surface area contributed by atoms with Crippen LogP contribution in [0.2, 0.25) is 0 Å². The summed E-state index contributed by atoms with van der Waals surface area (Å²) < 4.78 is 18.9. The lowest BCUT2D eigenvalue weighted by Crippen LogP contribution is -2.19. The molecule has 0 aliphatic carbocycles. The van der Waals surface area contributed by atoms with E-state index in [2.05, 4.69) is 15.3 Å². The van der Waals surface area contributed by atoms with Crippen LogP contribution in [0.1, 0.15) is 17.6 Å². The van der Waals surface area contributed by atoms with E-state index in [1.807, 2.05) is 0 Å². The molecule has 0 fully saturated rings. The number of furan rings is 1. The number of nitrogens with zero attached hydrogens (tertiary/aromatic N) is 2. The van der Waals surface area contributed by atoms with Gasteiger partial charge in [0, 0.05) is 17.8 Å². The molecule has 1 aromatic carbocycles. The third-order valence-electron chi connectivity index (χ3n) is 2.91. The van der Waals surface area contributed by atoms with Crippen molar-refractivity contribution >= 4 is 11.0 Å². The summed E-state index contributed by atoms with van der Waals surface area (Å²) in [5.41, 5.74) is 0.646. The van der Waals surface area contributed by atoms with Gasteiger partial charge >= 0.3 is 0 Å². The number of nitrogens with one attached hydrogen (secondary N) is 1. The molecule has 1 N–H and O–H groups in total. The highest BCUT2D eigenvalue weighted by Gasteiger charge is 2.19. The molecule has 4 nitrogen and oxygen atoms in total. The second-order valence-electron chi connectivity index (χ2n) is 4.16. The molecule has 96 valence electrons. The maximum absolute atomic E-state index is 13.2. The first-order chi connectivity index (χ1) is 9.28. The van der Waals surface area contributed by atoms with Crippen LogP contribution >= 0.6 is 0 Å². The van der Waals surface area contributed by atoms with E-state index in [1.165, 1.54) is 12.1 Å². The summed E-state index contributed by atoms with van der Waals surface area (Å²) in [6.45, 7) is 0. The minimum absolute atomic E-state index is 0.253. The lowest BCUT2D eigenvalue weighted by atomic mass is 10.2. The van der Waals surface area contributed by atoms with Crippen LogP contribution in [-0.2, 0) is 0 Å². The Hall–Kier alpha value is -2.27. The Morgan fingerprint density at radius 2 is 2.00 bits per heavy atom. The first kappa shape index (κ1) is 11.8. The molecule has 2 heterocycles. The van der Waals surface area contributed by atoms with Gasteiger partial charge in [-0.1, -0.05) is 0 Å². The van der Waals surface area contributed by atoms with Gasteiger partial charge in [-0.05, 0) is 37.4 Å². The van der Waals surface area contributed by atoms with Gasteiger partial charge < -0.3 is 9.73 Å². The van der Waals surface area contributed by atoms with Crippen LogP contribution in [-0.4, -0.2) is 17.0 Å². The minimum atomic E-state index is -0.281. The smallest absolute Gasteiger partial charge is 0.152 e. The molecule has 0 aliphatic rings. The molecule has 0 saturated heterocycles. The molecule has 1 unspecified atom stereocenters. The largest absolute Gasteiger partial charge is 0.459 e. The fraction of sp³-hybridized carbons (Fsp3) is 0.143. The highest BCUT2D eigenvalue weighted by Crippen LogP contribution is 2.26. The fourth-order valence-electron chi connectivity index (χ4n) is 2.04.